The van der Waals surface area contributed by atoms with Gasteiger partial charge in [0.1, 0.15) is 0 Å². The second-order valence-electron chi connectivity index (χ2n) is 1.86. The highest BCUT2D eigenvalue weighted by molar-refractivity contribution is 5.67. The number of fused-ring (bicyclic) bond motifs is 1. The van der Waals surface area contributed by atoms with Gasteiger partial charge in [-0.05, 0) is 0 Å². The molecule has 0 radical (unpaired) electrons. The van der Waals surface area contributed by atoms with E-state index in [2.05, 4.69) is 32.1 Å². The van der Waals surface area contributed by atoms with Crippen molar-refractivity contribution in [1.82, 2.24) is 20.4 Å². The molecule has 0 bridgehead atoms. The normalized spacial score (nSPS) is 9.17. The molecule has 2 heterocycles. The molecule has 2 aromatic heterocycles. The lowest BCUT2D eigenvalue weighted by Crippen LogP contribution is -2.02. The van der Waals surface area contributed by atoms with E-state index in [1.54, 1.807) is 0 Å². The summed E-state index contributed by atoms with van der Waals surface area (Å²) in [5.41, 5.74) is 0.720. The van der Waals surface area contributed by atoms with Crippen molar-refractivity contribution < 1.29 is 0 Å². The number of nitrogens with two attached hydrogens (primary N) is 2. The van der Waals surface area contributed by atoms with Crippen molar-refractivity contribution in [2.24, 2.45) is 11.7 Å². The van der Waals surface area contributed by atoms with Crippen molar-refractivity contribution in [1.29, 1.82) is 0 Å². The molecular weight excluding hydrogens is 160 g/mol. The Hall–Kier alpha value is -1.73. The predicted octanol–water partition coefficient (Wildman–Crippen LogP) is -1.53. The number of aromatic amines is 2. The minimum atomic E-state index is -0.123. The molecule has 6 N–H and O–H groups in total. The highest BCUT2D eigenvalue weighted by Gasteiger charge is 1.98. The van der Waals surface area contributed by atoms with Gasteiger partial charge in [0, 0.05) is 12.3 Å². The third-order valence-corrected chi connectivity index (χ3v) is 1.24. The van der Waals surface area contributed by atoms with Gasteiger partial charge in [0.15, 0.2) is 11.2 Å². The van der Waals surface area contributed by atoms with Crippen LogP contribution in [0.15, 0.2) is 17.1 Å². The number of hydrogen-bond donors (Lipinski definition) is 4. The fraction of sp³-hybridized carbons (Fsp3) is 0. The largest absolute Gasteiger partial charge is 0.343 e. The molecular formula is C5H8N6O. The van der Waals surface area contributed by atoms with E-state index in [1.165, 1.54) is 12.3 Å². The monoisotopic (exact) mass is 168 g/mol. The van der Waals surface area contributed by atoms with Crippen LogP contribution in [0.3, 0.4) is 0 Å². The highest BCUT2D eigenvalue weighted by atomic mass is 16.1. The van der Waals surface area contributed by atoms with Crippen LogP contribution in [0.1, 0.15) is 0 Å². The Balaban J connectivity index is 0.000000336. The van der Waals surface area contributed by atoms with Crippen molar-refractivity contribution in [3.8, 4) is 0 Å². The summed E-state index contributed by atoms with van der Waals surface area (Å²) in [6.07, 6.45) is 1.53. The fourth-order valence-electron chi connectivity index (χ4n) is 0.779. The zero-order valence-corrected chi connectivity index (χ0v) is 6.11. The lowest BCUT2D eigenvalue weighted by molar-refractivity contribution is 0.954. The molecule has 2 rings (SSSR count). The average Bonchev–Trinajstić information content (AvgIpc) is 2.57. The van der Waals surface area contributed by atoms with Crippen molar-refractivity contribution >= 4 is 11.2 Å². The minimum absolute atomic E-state index is 0.123. The summed E-state index contributed by atoms with van der Waals surface area (Å²) in [5, 5.41) is 9.67. The molecule has 64 valence electrons. The van der Waals surface area contributed by atoms with E-state index < -0.39 is 0 Å². The van der Waals surface area contributed by atoms with Gasteiger partial charge in [-0.25, -0.2) is 0 Å². The lowest BCUT2D eigenvalue weighted by Gasteiger charge is -1.80. The first kappa shape index (κ1) is 8.37. The molecule has 0 aliphatic rings. The molecule has 0 saturated heterocycles. The maximum absolute atomic E-state index is 10.9. The van der Waals surface area contributed by atoms with Gasteiger partial charge in [-0.15, -0.1) is 5.10 Å². The predicted molar refractivity (Wildman–Crippen MR) is 42.9 cm³/mol. The van der Waals surface area contributed by atoms with Crippen molar-refractivity contribution in [3.63, 3.8) is 0 Å². The van der Waals surface area contributed by atoms with E-state index in [-0.39, 0.29) is 5.43 Å². The Morgan fingerprint density at radius 2 is 2.08 bits per heavy atom. The Bertz CT molecular complexity index is 403. The number of hydrogen-bond acceptors (Lipinski definition) is 5. The van der Waals surface area contributed by atoms with Crippen molar-refractivity contribution in [2.45, 2.75) is 0 Å². The number of rotatable bonds is 0. The van der Waals surface area contributed by atoms with Crippen LogP contribution >= 0.6 is 0 Å². The zero-order valence-electron chi connectivity index (χ0n) is 6.11. The van der Waals surface area contributed by atoms with Crippen molar-refractivity contribution in [2.75, 3.05) is 0 Å². The van der Waals surface area contributed by atoms with E-state index in [1.807, 2.05) is 0 Å². The number of nitrogens with one attached hydrogen (secondary N) is 2. The van der Waals surface area contributed by atoms with Gasteiger partial charge in [-0.3, -0.25) is 16.5 Å². The Kier molecular flexibility index (Phi) is 2.51. The SMILES string of the molecule is NN.O=c1cc[nH]c2n[nH]nc12. The second-order valence-corrected chi connectivity index (χ2v) is 1.86. The molecule has 0 aromatic carbocycles. The fourth-order valence-corrected chi connectivity index (χ4v) is 0.779. The first-order chi connectivity index (χ1) is 5.88. The van der Waals surface area contributed by atoms with Crippen LogP contribution in [0, 0.1) is 0 Å². The summed E-state index contributed by atoms with van der Waals surface area (Å²) < 4.78 is 0. The lowest BCUT2D eigenvalue weighted by atomic mass is 10.4. The summed E-state index contributed by atoms with van der Waals surface area (Å²) in [6, 6.07) is 1.41. The third-order valence-electron chi connectivity index (χ3n) is 1.24. The molecule has 0 aliphatic carbocycles. The van der Waals surface area contributed by atoms with Gasteiger partial charge in [0.2, 0.25) is 5.43 Å². The quantitative estimate of drug-likeness (QED) is 0.280. The number of pyridine rings is 1. The smallest absolute Gasteiger partial charge is 0.211 e. The zero-order chi connectivity index (χ0) is 8.97. The van der Waals surface area contributed by atoms with E-state index in [4.69, 9.17) is 0 Å². The maximum Gasteiger partial charge on any atom is 0.211 e. The Morgan fingerprint density at radius 3 is 2.75 bits per heavy atom. The number of hydrazine groups is 1. The average molecular weight is 168 g/mol. The van der Waals surface area contributed by atoms with Crippen LogP contribution in [0.2, 0.25) is 0 Å². The molecule has 0 spiro atoms. The summed E-state index contributed by atoms with van der Waals surface area (Å²) in [6.45, 7) is 0. The van der Waals surface area contributed by atoms with Crippen LogP contribution < -0.4 is 17.1 Å². The van der Waals surface area contributed by atoms with Crippen LogP contribution in [0.5, 0.6) is 0 Å². The summed E-state index contributed by atoms with van der Waals surface area (Å²) in [7, 11) is 0. The Morgan fingerprint density at radius 1 is 1.33 bits per heavy atom. The van der Waals surface area contributed by atoms with Crippen molar-refractivity contribution in [3.05, 3.63) is 22.5 Å². The van der Waals surface area contributed by atoms with Gasteiger partial charge >= 0.3 is 0 Å². The minimum Gasteiger partial charge on any atom is -0.343 e. The Labute approximate surface area is 66.7 Å². The van der Waals surface area contributed by atoms with E-state index >= 15 is 0 Å². The molecule has 0 amide bonds. The molecule has 0 unspecified atom stereocenters. The molecule has 7 heteroatoms. The molecule has 0 aliphatic heterocycles. The van der Waals surface area contributed by atoms with Crippen LogP contribution in [-0.4, -0.2) is 20.4 Å². The standard InChI is InChI=1S/C5H4N4O.H4N2/c10-3-1-2-6-5-4(3)7-9-8-5;1-2/h1-2H,(H2,6,7,8,9,10);1-2H2. The summed E-state index contributed by atoms with van der Waals surface area (Å²) >= 11 is 0. The number of aromatic nitrogens is 4. The number of nitrogens with zero attached hydrogens (tertiary/aromatic N) is 2. The third kappa shape index (κ3) is 1.31. The highest BCUT2D eigenvalue weighted by Crippen LogP contribution is 1.93. The van der Waals surface area contributed by atoms with Crippen LogP contribution in [-0.2, 0) is 0 Å². The van der Waals surface area contributed by atoms with E-state index in [9.17, 15) is 4.79 Å². The first-order valence-corrected chi connectivity index (χ1v) is 3.09. The number of H-pyrrole nitrogens is 2. The molecule has 0 saturated carbocycles. The molecule has 0 fully saturated rings. The van der Waals surface area contributed by atoms with Gasteiger partial charge in [-0.1, -0.05) is 0 Å². The van der Waals surface area contributed by atoms with Crippen LogP contribution in [0.25, 0.3) is 11.2 Å². The van der Waals surface area contributed by atoms with Crippen LogP contribution in [0.4, 0.5) is 0 Å². The van der Waals surface area contributed by atoms with Gasteiger partial charge in [0.05, 0.1) is 0 Å². The van der Waals surface area contributed by atoms with Gasteiger partial charge in [0.25, 0.3) is 0 Å². The first-order valence-electron chi connectivity index (χ1n) is 3.09. The topological polar surface area (TPSA) is 126 Å². The summed E-state index contributed by atoms with van der Waals surface area (Å²) in [5.74, 6) is 8.00. The molecule has 12 heavy (non-hydrogen) atoms. The van der Waals surface area contributed by atoms with E-state index in [0.717, 1.165) is 0 Å². The van der Waals surface area contributed by atoms with Gasteiger partial charge in [-0.2, -0.15) is 10.3 Å². The van der Waals surface area contributed by atoms with Gasteiger partial charge < -0.3 is 4.98 Å². The molecule has 0 atom stereocenters. The molecule has 2 aromatic rings. The second kappa shape index (κ2) is 3.60. The molecule has 7 nitrogen and oxygen atoms in total. The summed E-state index contributed by atoms with van der Waals surface area (Å²) in [4.78, 5) is 13.7. The maximum atomic E-state index is 10.9. The van der Waals surface area contributed by atoms with E-state index in [0.29, 0.717) is 11.2 Å².